The summed E-state index contributed by atoms with van der Waals surface area (Å²) in [5.41, 5.74) is 1.57. The molecule has 0 fully saturated rings. The summed E-state index contributed by atoms with van der Waals surface area (Å²) in [7, 11) is 0. The molecule has 0 aromatic heterocycles. The van der Waals surface area contributed by atoms with Crippen molar-refractivity contribution in [2.24, 2.45) is 0 Å². The first kappa shape index (κ1) is 10.6. The van der Waals surface area contributed by atoms with Gasteiger partial charge in [-0.1, -0.05) is 6.07 Å². The molecular formula is C13H10F2O. The summed E-state index contributed by atoms with van der Waals surface area (Å²) in [5, 5.41) is 9.09. The minimum Gasteiger partial charge on any atom is -0.508 e. The van der Waals surface area contributed by atoms with Crippen LogP contribution in [0.5, 0.6) is 5.75 Å². The first-order valence-electron chi connectivity index (χ1n) is 4.83. The van der Waals surface area contributed by atoms with Gasteiger partial charge in [0.1, 0.15) is 17.4 Å². The number of phenols is 1. The summed E-state index contributed by atoms with van der Waals surface area (Å²) < 4.78 is 26.6. The van der Waals surface area contributed by atoms with Gasteiger partial charge in [0.05, 0.1) is 0 Å². The predicted octanol–water partition coefficient (Wildman–Crippen LogP) is 3.65. The summed E-state index contributed by atoms with van der Waals surface area (Å²) in [6, 6.07) is 8.04. The fraction of sp³-hybridized carbons (Fsp3) is 0.0769. The topological polar surface area (TPSA) is 20.2 Å². The van der Waals surface area contributed by atoms with Crippen LogP contribution in [0.15, 0.2) is 36.4 Å². The molecule has 0 bridgehead atoms. The summed E-state index contributed by atoms with van der Waals surface area (Å²) in [6.45, 7) is 1.78. The van der Waals surface area contributed by atoms with Gasteiger partial charge in [-0.2, -0.15) is 0 Å². The van der Waals surface area contributed by atoms with Crippen LogP contribution in [0.4, 0.5) is 8.78 Å². The Morgan fingerprint density at radius 3 is 2.38 bits per heavy atom. The van der Waals surface area contributed by atoms with E-state index in [4.69, 9.17) is 5.11 Å². The zero-order valence-corrected chi connectivity index (χ0v) is 8.67. The normalized spacial score (nSPS) is 10.4. The van der Waals surface area contributed by atoms with Crippen molar-refractivity contribution < 1.29 is 13.9 Å². The lowest BCUT2D eigenvalue weighted by atomic mass is 10.00. The molecule has 0 aliphatic rings. The highest BCUT2D eigenvalue weighted by atomic mass is 19.1. The van der Waals surface area contributed by atoms with E-state index >= 15 is 0 Å². The molecule has 2 aromatic rings. The third kappa shape index (κ3) is 1.89. The maximum atomic E-state index is 13.6. The molecular weight excluding hydrogens is 210 g/mol. The first-order valence-corrected chi connectivity index (χ1v) is 4.83. The molecule has 0 spiro atoms. The second-order valence-corrected chi connectivity index (χ2v) is 3.62. The second kappa shape index (κ2) is 3.93. The molecule has 0 amide bonds. The highest BCUT2D eigenvalue weighted by molar-refractivity contribution is 5.68. The van der Waals surface area contributed by atoms with E-state index in [1.807, 2.05) is 0 Å². The molecule has 16 heavy (non-hydrogen) atoms. The smallest absolute Gasteiger partial charge is 0.134 e. The molecule has 0 saturated carbocycles. The van der Waals surface area contributed by atoms with Crippen LogP contribution in [0.3, 0.4) is 0 Å². The largest absolute Gasteiger partial charge is 0.508 e. The molecule has 0 heterocycles. The van der Waals surface area contributed by atoms with Gasteiger partial charge >= 0.3 is 0 Å². The van der Waals surface area contributed by atoms with Crippen LogP contribution in [-0.2, 0) is 0 Å². The van der Waals surface area contributed by atoms with Gasteiger partial charge in [0.25, 0.3) is 0 Å². The number of hydrogen-bond acceptors (Lipinski definition) is 1. The molecule has 0 unspecified atom stereocenters. The van der Waals surface area contributed by atoms with Gasteiger partial charge in [-0.25, -0.2) is 8.78 Å². The van der Waals surface area contributed by atoms with E-state index < -0.39 is 11.6 Å². The van der Waals surface area contributed by atoms with Crippen LogP contribution in [0.2, 0.25) is 0 Å². The molecule has 0 aliphatic carbocycles. The molecule has 0 atom stereocenters. The number of benzene rings is 2. The minimum absolute atomic E-state index is 0.143. The second-order valence-electron chi connectivity index (χ2n) is 3.62. The molecule has 0 radical (unpaired) electrons. The highest BCUT2D eigenvalue weighted by Gasteiger charge is 2.09. The number of hydrogen-bond donors (Lipinski definition) is 1. The fourth-order valence-electron chi connectivity index (χ4n) is 1.61. The van der Waals surface area contributed by atoms with Crippen LogP contribution in [-0.4, -0.2) is 5.11 Å². The van der Waals surface area contributed by atoms with E-state index in [9.17, 15) is 8.78 Å². The minimum atomic E-state index is -0.561. The van der Waals surface area contributed by atoms with Crippen molar-refractivity contribution in [3.05, 3.63) is 53.6 Å². The molecule has 2 rings (SSSR count). The number of aromatic hydroxyl groups is 1. The average molecular weight is 220 g/mol. The Bertz CT molecular complexity index is 535. The van der Waals surface area contributed by atoms with Gasteiger partial charge in [0.2, 0.25) is 0 Å². The van der Waals surface area contributed by atoms with Crippen molar-refractivity contribution in [1.29, 1.82) is 0 Å². The zero-order chi connectivity index (χ0) is 11.7. The molecule has 0 aliphatic heterocycles. The van der Waals surface area contributed by atoms with Crippen LogP contribution in [0.1, 0.15) is 5.56 Å². The van der Waals surface area contributed by atoms with Crippen molar-refractivity contribution in [3.8, 4) is 16.9 Å². The van der Waals surface area contributed by atoms with Crippen LogP contribution in [0, 0.1) is 18.6 Å². The maximum Gasteiger partial charge on any atom is 0.134 e. The van der Waals surface area contributed by atoms with E-state index in [2.05, 4.69) is 0 Å². The number of aryl methyl sites for hydroxylation is 1. The lowest BCUT2D eigenvalue weighted by Crippen LogP contribution is -1.89. The SMILES string of the molecule is Cc1ccc(F)cc1-c1ccc(O)cc1F. The van der Waals surface area contributed by atoms with Gasteiger partial charge in [0, 0.05) is 11.6 Å². The van der Waals surface area contributed by atoms with Crippen molar-refractivity contribution in [2.75, 3.05) is 0 Å². The average Bonchev–Trinajstić information content (AvgIpc) is 2.22. The summed E-state index contributed by atoms with van der Waals surface area (Å²) in [6.07, 6.45) is 0. The lowest BCUT2D eigenvalue weighted by molar-refractivity contribution is 0.469. The Hall–Kier alpha value is -1.90. The van der Waals surface area contributed by atoms with Gasteiger partial charge < -0.3 is 5.11 Å². The Morgan fingerprint density at radius 1 is 0.938 bits per heavy atom. The van der Waals surface area contributed by atoms with Crippen molar-refractivity contribution in [3.63, 3.8) is 0 Å². The number of rotatable bonds is 1. The lowest BCUT2D eigenvalue weighted by Gasteiger charge is -2.07. The van der Waals surface area contributed by atoms with E-state index in [0.717, 1.165) is 11.6 Å². The molecule has 0 saturated heterocycles. The van der Waals surface area contributed by atoms with Crippen LogP contribution in [0.25, 0.3) is 11.1 Å². The quantitative estimate of drug-likeness (QED) is 0.777. The summed E-state index contributed by atoms with van der Waals surface area (Å²) >= 11 is 0. The number of halogens is 2. The Labute approximate surface area is 92.0 Å². The van der Waals surface area contributed by atoms with Gasteiger partial charge in [-0.15, -0.1) is 0 Å². The zero-order valence-electron chi connectivity index (χ0n) is 8.67. The van der Waals surface area contributed by atoms with E-state index in [1.165, 1.54) is 24.3 Å². The Morgan fingerprint density at radius 2 is 1.69 bits per heavy atom. The molecule has 82 valence electrons. The predicted molar refractivity (Wildman–Crippen MR) is 58.2 cm³/mol. The molecule has 1 nitrogen and oxygen atoms in total. The van der Waals surface area contributed by atoms with Gasteiger partial charge in [-0.3, -0.25) is 0 Å². The van der Waals surface area contributed by atoms with Crippen molar-refractivity contribution in [1.82, 2.24) is 0 Å². The van der Waals surface area contributed by atoms with E-state index in [0.29, 0.717) is 5.56 Å². The highest BCUT2D eigenvalue weighted by Crippen LogP contribution is 2.28. The Balaban J connectivity index is 2.62. The monoisotopic (exact) mass is 220 g/mol. The standard InChI is InChI=1S/C13H10F2O/c1-8-2-3-9(14)6-12(8)11-5-4-10(16)7-13(11)15/h2-7,16H,1H3. The molecule has 1 N–H and O–H groups in total. The van der Waals surface area contributed by atoms with Gasteiger partial charge in [0.15, 0.2) is 0 Å². The molecule has 2 aromatic carbocycles. The van der Waals surface area contributed by atoms with Gasteiger partial charge in [-0.05, 0) is 42.3 Å². The summed E-state index contributed by atoms with van der Waals surface area (Å²) in [4.78, 5) is 0. The van der Waals surface area contributed by atoms with E-state index in [-0.39, 0.29) is 11.3 Å². The fourth-order valence-corrected chi connectivity index (χ4v) is 1.61. The maximum absolute atomic E-state index is 13.6. The summed E-state index contributed by atoms with van der Waals surface area (Å²) in [5.74, 6) is -1.11. The third-order valence-electron chi connectivity index (χ3n) is 2.44. The van der Waals surface area contributed by atoms with Crippen LogP contribution < -0.4 is 0 Å². The van der Waals surface area contributed by atoms with Crippen molar-refractivity contribution in [2.45, 2.75) is 6.92 Å². The Kier molecular flexibility index (Phi) is 2.60. The number of phenolic OH excluding ortho intramolecular Hbond substituents is 1. The third-order valence-corrected chi connectivity index (χ3v) is 2.44. The van der Waals surface area contributed by atoms with E-state index in [1.54, 1.807) is 13.0 Å². The molecule has 3 heteroatoms. The van der Waals surface area contributed by atoms with Crippen LogP contribution >= 0.6 is 0 Å². The van der Waals surface area contributed by atoms with Crippen molar-refractivity contribution >= 4 is 0 Å². The first-order chi connectivity index (χ1) is 7.58.